The molecule has 3 rings (SSSR count). The lowest BCUT2D eigenvalue weighted by atomic mass is 9.98. The molecule has 0 aromatic heterocycles. The van der Waals surface area contributed by atoms with Gasteiger partial charge in [0, 0.05) is 37.1 Å². The van der Waals surface area contributed by atoms with E-state index < -0.39 is 6.04 Å². The molecule has 0 bridgehead atoms. The van der Waals surface area contributed by atoms with Crippen molar-refractivity contribution in [3.63, 3.8) is 0 Å². The molecule has 1 aromatic carbocycles. The standard InChI is InChI=1S/C15H21N3O2/c1-20-9-10-3-2-6-18(8-10)11-4-5-12-13(7-11)17-15(19)14(12)16/h4-5,7,10,14H,2-3,6,8-9,16H2,1H3,(H,17,19). The van der Waals surface area contributed by atoms with Crippen LogP contribution >= 0.6 is 0 Å². The predicted molar refractivity (Wildman–Crippen MR) is 78.8 cm³/mol. The minimum absolute atomic E-state index is 0.118. The van der Waals surface area contributed by atoms with Crippen LogP contribution in [0.4, 0.5) is 11.4 Å². The van der Waals surface area contributed by atoms with Crippen LogP contribution in [0.3, 0.4) is 0 Å². The second-order valence-corrected chi connectivity index (χ2v) is 5.65. The fourth-order valence-corrected chi connectivity index (χ4v) is 3.14. The van der Waals surface area contributed by atoms with Gasteiger partial charge in [-0.1, -0.05) is 6.07 Å². The van der Waals surface area contributed by atoms with Gasteiger partial charge in [0.05, 0.1) is 6.61 Å². The van der Waals surface area contributed by atoms with Crippen molar-refractivity contribution in [2.24, 2.45) is 11.7 Å². The van der Waals surface area contributed by atoms with Crippen molar-refractivity contribution in [1.82, 2.24) is 0 Å². The number of nitrogens with zero attached hydrogens (tertiary/aromatic N) is 1. The average Bonchev–Trinajstić information content (AvgIpc) is 2.74. The van der Waals surface area contributed by atoms with Gasteiger partial charge >= 0.3 is 0 Å². The number of fused-ring (bicyclic) bond motifs is 1. The minimum atomic E-state index is -0.526. The lowest BCUT2D eigenvalue weighted by Gasteiger charge is -2.34. The lowest BCUT2D eigenvalue weighted by molar-refractivity contribution is -0.116. The number of methoxy groups -OCH3 is 1. The number of nitrogens with one attached hydrogen (secondary N) is 1. The maximum Gasteiger partial charge on any atom is 0.245 e. The summed E-state index contributed by atoms with van der Waals surface area (Å²) in [5, 5.41) is 2.85. The predicted octanol–water partition coefficient (Wildman–Crippen LogP) is 1.50. The molecule has 2 atom stereocenters. The van der Waals surface area contributed by atoms with Crippen molar-refractivity contribution in [2.75, 3.05) is 37.0 Å². The van der Waals surface area contributed by atoms with Gasteiger partial charge in [-0.2, -0.15) is 0 Å². The zero-order valence-electron chi connectivity index (χ0n) is 11.8. The van der Waals surface area contributed by atoms with Crippen LogP contribution in [-0.2, 0) is 9.53 Å². The summed E-state index contributed by atoms with van der Waals surface area (Å²) in [7, 11) is 1.76. The van der Waals surface area contributed by atoms with E-state index in [0.29, 0.717) is 5.92 Å². The minimum Gasteiger partial charge on any atom is -0.384 e. The third-order valence-corrected chi connectivity index (χ3v) is 4.20. The van der Waals surface area contributed by atoms with Gasteiger partial charge < -0.3 is 20.7 Å². The van der Waals surface area contributed by atoms with Gasteiger partial charge in [-0.15, -0.1) is 0 Å². The quantitative estimate of drug-likeness (QED) is 0.877. The van der Waals surface area contributed by atoms with Gasteiger partial charge in [-0.05, 0) is 30.9 Å². The summed E-state index contributed by atoms with van der Waals surface area (Å²) < 4.78 is 5.27. The Hall–Kier alpha value is -1.59. The summed E-state index contributed by atoms with van der Waals surface area (Å²) in [5.41, 5.74) is 8.74. The largest absolute Gasteiger partial charge is 0.384 e. The van der Waals surface area contributed by atoms with Gasteiger partial charge in [0.2, 0.25) is 5.91 Å². The van der Waals surface area contributed by atoms with Crippen LogP contribution in [0.25, 0.3) is 0 Å². The van der Waals surface area contributed by atoms with Crippen molar-refractivity contribution in [3.05, 3.63) is 23.8 Å². The molecule has 20 heavy (non-hydrogen) atoms. The van der Waals surface area contributed by atoms with Crippen LogP contribution in [0.1, 0.15) is 24.4 Å². The Labute approximate surface area is 119 Å². The Morgan fingerprint density at radius 3 is 3.15 bits per heavy atom. The molecule has 2 aliphatic rings. The number of ether oxygens (including phenoxy) is 1. The topological polar surface area (TPSA) is 67.6 Å². The highest BCUT2D eigenvalue weighted by molar-refractivity contribution is 6.02. The first kappa shape index (κ1) is 13.4. The number of anilines is 2. The maximum absolute atomic E-state index is 11.6. The van der Waals surface area contributed by atoms with Crippen molar-refractivity contribution in [1.29, 1.82) is 0 Å². The zero-order valence-corrected chi connectivity index (χ0v) is 11.8. The molecule has 1 saturated heterocycles. The number of piperidine rings is 1. The van der Waals surface area contributed by atoms with Crippen LogP contribution in [0.5, 0.6) is 0 Å². The maximum atomic E-state index is 11.6. The van der Waals surface area contributed by atoms with E-state index in [2.05, 4.69) is 16.3 Å². The van der Waals surface area contributed by atoms with Gasteiger partial charge in [-0.25, -0.2) is 0 Å². The molecular formula is C15H21N3O2. The van der Waals surface area contributed by atoms with E-state index in [1.54, 1.807) is 7.11 Å². The molecule has 2 unspecified atom stereocenters. The van der Waals surface area contributed by atoms with Crippen LogP contribution < -0.4 is 16.0 Å². The number of carbonyl (C=O) groups excluding carboxylic acids is 1. The van der Waals surface area contributed by atoms with E-state index in [0.717, 1.165) is 36.6 Å². The van der Waals surface area contributed by atoms with Crippen LogP contribution in [-0.4, -0.2) is 32.7 Å². The van der Waals surface area contributed by atoms with Crippen LogP contribution in [0.2, 0.25) is 0 Å². The summed E-state index contributed by atoms with van der Waals surface area (Å²) >= 11 is 0. The molecule has 1 aromatic rings. The normalized spacial score (nSPS) is 25.5. The van der Waals surface area contributed by atoms with E-state index in [-0.39, 0.29) is 5.91 Å². The van der Waals surface area contributed by atoms with Crippen molar-refractivity contribution in [2.45, 2.75) is 18.9 Å². The lowest BCUT2D eigenvalue weighted by Crippen LogP contribution is -2.37. The number of nitrogens with two attached hydrogens (primary N) is 1. The fourth-order valence-electron chi connectivity index (χ4n) is 3.14. The summed E-state index contributed by atoms with van der Waals surface area (Å²) in [6.45, 7) is 2.87. The summed E-state index contributed by atoms with van der Waals surface area (Å²) in [6, 6.07) is 5.54. The highest BCUT2D eigenvalue weighted by Gasteiger charge is 2.28. The zero-order chi connectivity index (χ0) is 14.1. The summed E-state index contributed by atoms with van der Waals surface area (Å²) in [4.78, 5) is 14.0. The molecule has 0 spiro atoms. The Kier molecular flexibility index (Phi) is 3.63. The van der Waals surface area contributed by atoms with Crippen molar-refractivity contribution < 1.29 is 9.53 Å². The third-order valence-electron chi connectivity index (χ3n) is 4.20. The second-order valence-electron chi connectivity index (χ2n) is 5.65. The number of amides is 1. The molecule has 108 valence electrons. The number of carbonyl (C=O) groups is 1. The van der Waals surface area contributed by atoms with Crippen LogP contribution in [0, 0.1) is 5.92 Å². The molecule has 0 radical (unpaired) electrons. The average molecular weight is 275 g/mol. The number of rotatable bonds is 3. The first-order valence-corrected chi connectivity index (χ1v) is 7.13. The molecule has 2 aliphatic heterocycles. The highest BCUT2D eigenvalue weighted by Crippen LogP contribution is 2.34. The first-order chi connectivity index (χ1) is 9.69. The smallest absolute Gasteiger partial charge is 0.245 e. The molecule has 5 heteroatoms. The monoisotopic (exact) mass is 275 g/mol. The van der Waals surface area contributed by atoms with Gasteiger partial charge in [0.15, 0.2) is 0 Å². The van der Waals surface area contributed by atoms with Crippen molar-refractivity contribution in [3.8, 4) is 0 Å². The summed E-state index contributed by atoms with van der Waals surface area (Å²) in [5.74, 6) is 0.465. The number of hydrogen-bond acceptors (Lipinski definition) is 4. The Morgan fingerprint density at radius 1 is 1.50 bits per heavy atom. The van der Waals surface area contributed by atoms with Crippen molar-refractivity contribution >= 4 is 17.3 Å². The molecule has 3 N–H and O–H groups in total. The number of benzene rings is 1. The first-order valence-electron chi connectivity index (χ1n) is 7.13. The molecule has 0 aliphatic carbocycles. The molecule has 0 saturated carbocycles. The van der Waals surface area contributed by atoms with Crippen LogP contribution in [0.15, 0.2) is 18.2 Å². The molecule has 2 heterocycles. The molecule has 1 fully saturated rings. The fraction of sp³-hybridized carbons (Fsp3) is 0.533. The molecular weight excluding hydrogens is 254 g/mol. The van der Waals surface area contributed by atoms with Gasteiger partial charge in [0.1, 0.15) is 6.04 Å². The Bertz CT molecular complexity index is 516. The third kappa shape index (κ3) is 2.39. The van der Waals surface area contributed by atoms with E-state index >= 15 is 0 Å². The number of hydrogen-bond donors (Lipinski definition) is 2. The highest BCUT2D eigenvalue weighted by atomic mass is 16.5. The second kappa shape index (κ2) is 5.42. The van der Waals surface area contributed by atoms with E-state index in [1.807, 2.05) is 12.1 Å². The Morgan fingerprint density at radius 2 is 2.35 bits per heavy atom. The van der Waals surface area contributed by atoms with Gasteiger partial charge in [0.25, 0.3) is 0 Å². The SMILES string of the molecule is COCC1CCCN(c2ccc3c(c2)NC(=O)C3N)C1. The summed E-state index contributed by atoms with van der Waals surface area (Å²) in [6.07, 6.45) is 2.40. The van der Waals surface area contributed by atoms with E-state index in [4.69, 9.17) is 10.5 Å². The molecule has 5 nitrogen and oxygen atoms in total. The molecule has 1 amide bonds. The van der Waals surface area contributed by atoms with E-state index in [1.165, 1.54) is 12.8 Å². The van der Waals surface area contributed by atoms with Gasteiger partial charge in [-0.3, -0.25) is 4.79 Å². The van der Waals surface area contributed by atoms with E-state index in [9.17, 15) is 4.79 Å². The Balaban J connectivity index is 1.78.